The maximum absolute atomic E-state index is 13.0. The van der Waals surface area contributed by atoms with Gasteiger partial charge in [0.2, 0.25) is 5.78 Å². The molecule has 0 aromatic heterocycles. The van der Waals surface area contributed by atoms with Crippen molar-refractivity contribution in [2.45, 2.75) is 31.7 Å². The number of Topliss-reactive ketones (excluding diaryl/α,β-unsaturated/α-hetero) is 2. The van der Waals surface area contributed by atoms with E-state index in [-0.39, 0.29) is 17.7 Å². The summed E-state index contributed by atoms with van der Waals surface area (Å²) in [5.74, 6) is -5.08. The minimum atomic E-state index is -2.13. The minimum absolute atomic E-state index is 0.0707. The Hall–Kier alpha value is -2.16. The van der Waals surface area contributed by atoms with E-state index in [2.05, 4.69) is 0 Å². The van der Waals surface area contributed by atoms with Gasteiger partial charge in [0.15, 0.2) is 28.7 Å². The van der Waals surface area contributed by atoms with Gasteiger partial charge in [-0.1, -0.05) is 0 Å². The summed E-state index contributed by atoms with van der Waals surface area (Å²) in [4.78, 5) is 25.8. The lowest BCUT2D eigenvalue weighted by Crippen LogP contribution is -2.63. The lowest BCUT2D eigenvalue weighted by atomic mass is 9.67. The van der Waals surface area contributed by atoms with Crippen molar-refractivity contribution in [1.29, 1.82) is 0 Å². The molecule has 8 heteroatoms. The molecule has 3 rings (SSSR count). The highest BCUT2D eigenvalue weighted by atomic mass is 16.7. The highest BCUT2D eigenvalue weighted by Gasteiger charge is 2.60. The zero-order chi connectivity index (χ0) is 18.6. The molecule has 8 nitrogen and oxygen atoms in total. The van der Waals surface area contributed by atoms with Crippen LogP contribution in [0.15, 0.2) is 6.07 Å². The Bertz CT molecular complexity index is 758. The van der Waals surface area contributed by atoms with E-state index >= 15 is 0 Å². The van der Waals surface area contributed by atoms with Gasteiger partial charge in [-0.3, -0.25) is 9.59 Å². The Kier molecular flexibility index (Phi) is 4.02. The lowest BCUT2D eigenvalue weighted by molar-refractivity contribution is -0.279. The van der Waals surface area contributed by atoms with Crippen LogP contribution >= 0.6 is 0 Å². The summed E-state index contributed by atoms with van der Waals surface area (Å²) in [7, 11) is 1.26. The Labute approximate surface area is 143 Å². The molecule has 3 atom stereocenters. The first-order chi connectivity index (χ1) is 11.7. The van der Waals surface area contributed by atoms with Crippen molar-refractivity contribution in [3.8, 4) is 17.2 Å². The van der Waals surface area contributed by atoms with Crippen LogP contribution in [0.25, 0.3) is 0 Å². The van der Waals surface area contributed by atoms with Crippen LogP contribution in [-0.2, 0) is 9.47 Å². The number of hydrogen-bond acceptors (Lipinski definition) is 8. The summed E-state index contributed by atoms with van der Waals surface area (Å²) < 4.78 is 15.9. The standard InChI is InChI=1S/C17H20O8/c1-4-24-16(2)6-8-13(19)12-11(15(21)17(8,22)7-25-16)9(18)5-10(23-3)14(12)20/h5,8,18,20,22H,4,6-7H2,1-3H3/t8-,16+,17-/m0/s1. The molecule has 0 radical (unpaired) electrons. The van der Waals surface area contributed by atoms with Crippen molar-refractivity contribution >= 4 is 11.6 Å². The number of aromatic hydroxyl groups is 2. The number of carbonyl (C=O) groups excluding carboxylic acids is 2. The summed E-state index contributed by atoms with van der Waals surface area (Å²) >= 11 is 0. The molecule has 1 aliphatic carbocycles. The molecule has 1 fully saturated rings. The molecular weight excluding hydrogens is 332 g/mol. The summed E-state index contributed by atoms with van der Waals surface area (Å²) in [6.07, 6.45) is -0.0707. The number of benzene rings is 1. The quantitative estimate of drug-likeness (QED) is 0.689. The first-order valence-corrected chi connectivity index (χ1v) is 7.90. The highest BCUT2D eigenvalue weighted by molar-refractivity contribution is 6.22. The van der Waals surface area contributed by atoms with Gasteiger partial charge in [0.05, 0.1) is 30.8 Å². The van der Waals surface area contributed by atoms with E-state index in [0.717, 1.165) is 6.07 Å². The number of ketones is 2. The molecule has 0 amide bonds. The molecule has 2 aliphatic rings. The van der Waals surface area contributed by atoms with Crippen LogP contribution in [0, 0.1) is 5.92 Å². The lowest BCUT2D eigenvalue weighted by Gasteiger charge is -2.47. The second-order valence-electron chi connectivity index (χ2n) is 6.43. The molecule has 1 aromatic carbocycles. The summed E-state index contributed by atoms with van der Waals surface area (Å²) in [5.41, 5.74) is -2.90. The number of ether oxygens (including phenoxy) is 3. The van der Waals surface area contributed by atoms with Gasteiger partial charge in [0.25, 0.3) is 0 Å². The number of phenols is 2. The molecule has 25 heavy (non-hydrogen) atoms. The Balaban J connectivity index is 2.17. The molecule has 136 valence electrons. The van der Waals surface area contributed by atoms with Crippen molar-refractivity contribution in [3.63, 3.8) is 0 Å². The van der Waals surface area contributed by atoms with Crippen LogP contribution in [0.2, 0.25) is 0 Å². The normalized spacial score (nSPS) is 31.4. The SMILES string of the molecule is CCO[C@@]1(C)C[C@H]2C(=O)c3c(O)c(OC)cc(O)c3C(=O)[C@]2(O)CO1. The predicted octanol–water partition coefficient (Wildman–Crippen LogP) is 1.01. The van der Waals surface area contributed by atoms with Gasteiger partial charge in [-0.25, -0.2) is 0 Å². The van der Waals surface area contributed by atoms with Gasteiger partial charge in [0, 0.05) is 19.1 Å². The summed E-state index contributed by atoms with van der Waals surface area (Å²) in [6, 6.07) is 1.02. The van der Waals surface area contributed by atoms with Crippen LogP contribution in [0.5, 0.6) is 17.2 Å². The van der Waals surface area contributed by atoms with Crippen LogP contribution < -0.4 is 4.74 Å². The third kappa shape index (κ3) is 2.40. The van der Waals surface area contributed by atoms with Gasteiger partial charge < -0.3 is 29.5 Å². The van der Waals surface area contributed by atoms with E-state index in [0.29, 0.717) is 6.61 Å². The topological polar surface area (TPSA) is 123 Å². The average molecular weight is 352 g/mol. The van der Waals surface area contributed by atoms with E-state index in [1.54, 1.807) is 13.8 Å². The van der Waals surface area contributed by atoms with Crippen LogP contribution in [0.1, 0.15) is 41.0 Å². The second kappa shape index (κ2) is 5.69. The van der Waals surface area contributed by atoms with Gasteiger partial charge in [0.1, 0.15) is 5.75 Å². The second-order valence-corrected chi connectivity index (χ2v) is 6.43. The van der Waals surface area contributed by atoms with E-state index in [4.69, 9.17) is 14.2 Å². The fourth-order valence-corrected chi connectivity index (χ4v) is 3.55. The summed E-state index contributed by atoms with van der Waals surface area (Å²) in [6.45, 7) is 3.24. The van der Waals surface area contributed by atoms with E-state index in [9.17, 15) is 24.9 Å². The molecular formula is C17H20O8. The van der Waals surface area contributed by atoms with Crippen LogP contribution in [0.3, 0.4) is 0 Å². The van der Waals surface area contributed by atoms with Crippen LogP contribution in [0.4, 0.5) is 0 Å². The highest BCUT2D eigenvalue weighted by Crippen LogP contribution is 2.49. The number of aliphatic hydroxyl groups is 1. The number of phenolic OH excluding ortho intramolecular Hbond substituents is 2. The van der Waals surface area contributed by atoms with Crippen molar-refractivity contribution in [2.75, 3.05) is 20.3 Å². The number of hydrogen-bond donors (Lipinski definition) is 3. The maximum Gasteiger partial charge on any atom is 0.202 e. The van der Waals surface area contributed by atoms with Gasteiger partial charge in [-0.05, 0) is 13.8 Å². The zero-order valence-electron chi connectivity index (χ0n) is 14.2. The predicted molar refractivity (Wildman–Crippen MR) is 84.0 cm³/mol. The van der Waals surface area contributed by atoms with Gasteiger partial charge in [-0.2, -0.15) is 0 Å². The molecule has 1 saturated heterocycles. The monoisotopic (exact) mass is 352 g/mol. The number of methoxy groups -OCH3 is 1. The zero-order valence-corrected chi connectivity index (χ0v) is 14.2. The first kappa shape index (κ1) is 17.7. The Morgan fingerprint density at radius 2 is 2.00 bits per heavy atom. The van der Waals surface area contributed by atoms with E-state index in [1.165, 1.54) is 7.11 Å². The molecule has 0 bridgehead atoms. The third-order valence-corrected chi connectivity index (χ3v) is 4.85. The Morgan fingerprint density at radius 3 is 2.60 bits per heavy atom. The minimum Gasteiger partial charge on any atom is -0.507 e. The van der Waals surface area contributed by atoms with Gasteiger partial charge >= 0.3 is 0 Å². The van der Waals surface area contributed by atoms with Gasteiger partial charge in [-0.15, -0.1) is 0 Å². The molecule has 0 spiro atoms. The largest absolute Gasteiger partial charge is 0.507 e. The molecule has 1 heterocycles. The maximum atomic E-state index is 13.0. The van der Waals surface area contributed by atoms with E-state index < -0.39 is 52.5 Å². The Morgan fingerprint density at radius 1 is 1.32 bits per heavy atom. The fraction of sp³-hybridized carbons (Fsp3) is 0.529. The molecule has 1 aliphatic heterocycles. The summed E-state index contributed by atoms with van der Waals surface area (Å²) in [5, 5.41) is 31.3. The smallest absolute Gasteiger partial charge is 0.202 e. The first-order valence-electron chi connectivity index (χ1n) is 7.90. The number of rotatable bonds is 3. The van der Waals surface area contributed by atoms with Crippen LogP contribution in [-0.4, -0.2) is 58.6 Å². The van der Waals surface area contributed by atoms with Crippen molar-refractivity contribution < 1.29 is 39.1 Å². The fourth-order valence-electron chi connectivity index (χ4n) is 3.55. The van der Waals surface area contributed by atoms with E-state index in [1.807, 2.05) is 0 Å². The molecule has 1 aromatic rings. The molecule has 0 saturated carbocycles. The van der Waals surface area contributed by atoms with Crippen molar-refractivity contribution in [1.82, 2.24) is 0 Å². The number of carbonyl (C=O) groups is 2. The average Bonchev–Trinajstić information content (AvgIpc) is 2.56. The van der Waals surface area contributed by atoms with Crippen molar-refractivity contribution in [2.24, 2.45) is 5.92 Å². The molecule has 3 N–H and O–H groups in total. The molecule has 0 unspecified atom stereocenters. The van der Waals surface area contributed by atoms with Crippen molar-refractivity contribution in [3.05, 3.63) is 17.2 Å². The number of fused-ring (bicyclic) bond motifs is 2. The third-order valence-electron chi connectivity index (χ3n) is 4.85.